The predicted molar refractivity (Wildman–Crippen MR) is 401 cm³/mol. The van der Waals surface area contributed by atoms with Gasteiger partial charge in [-0.1, -0.05) is 311 Å². The molecule has 0 aromatic rings. The summed E-state index contributed by atoms with van der Waals surface area (Å²) in [6.07, 6.45) is 54.3. The minimum absolute atomic E-state index is 0.233. The highest BCUT2D eigenvalue weighted by Crippen LogP contribution is 2.33. The van der Waals surface area contributed by atoms with Crippen molar-refractivity contribution in [1.82, 2.24) is 5.32 Å². The molecule has 19 nitrogen and oxygen atoms in total. The maximum absolute atomic E-state index is 13.5. The summed E-state index contributed by atoms with van der Waals surface area (Å²) in [6, 6.07) is -0.908. The van der Waals surface area contributed by atoms with Crippen LogP contribution in [0.5, 0.6) is 0 Å². The Hall–Kier alpha value is -2.77. The van der Waals surface area contributed by atoms with Crippen LogP contribution >= 0.6 is 0 Å². The molecule has 17 atom stereocenters. The highest BCUT2D eigenvalue weighted by Gasteiger charge is 2.54. The normalized spacial score (nSPS) is 26.7. The number of amides is 1. The number of nitrogens with one attached hydrogen (secondary N) is 1. The van der Waals surface area contributed by atoms with Crippen LogP contribution in [0.2, 0.25) is 0 Å². The number of aliphatic hydroxyl groups is 11. The lowest BCUT2D eigenvalue weighted by molar-refractivity contribution is -0.379. The van der Waals surface area contributed by atoms with Gasteiger partial charge in [0.25, 0.3) is 0 Å². The Kier molecular flexibility index (Phi) is 57.0. The van der Waals surface area contributed by atoms with Gasteiger partial charge in [0.2, 0.25) is 5.91 Å². The smallest absolute Gasteiger partial charge is 0.220 e. The van der Waals surface area contributed by atoms with Crippen LogP contribution in [0.4, 0.5) is 0 Å². The Morgan fingerprint density at radius 1 is 0.366 bits per heavy atom. The molecule has 0 aliphatic carbocycles. The molecule has 3 aliphatic rings. The summed E-state index contributed by atoms with van der Waals surface area (Å²) < 4.78 is 34.5. The number of carbonyl (C=O) groups is 1. The zero-order valence-electron chi connectivity index (χ0n) is 62.9. The van der Waals surface area contributed by atoms with E-state index in [2.05, 4.69) is 92.1 Å². The quantitative estimate of drug-likeness (QED) is 0.0199. The van der Waals surface area contributed by atoms with E-state index in [4.69, 9.17) is 28.4 Å². The monoisotopic (exact) mass is 1430 g/mol. The van der Waals surface area contributed by atoms with Crippen LogP contribution in [0.3, 0.4) is 0 Å². The molecule has 17 unspecified atom stereocenters. The molecule has 3 saturated heterocycles. The number of unbranched alkanes of at least 4 members (excludes halogenated alkanes) is 36. The van der Waals surface area contributed by atoms with Crippen molar-refractivity contribution in [3.8, 4) is 0 Å². The van der Waals surface area contributed by atoms with E-state index >= 15 is 0 Å². The summed E-state index contributed by atoms with van der Waals surface area (Å²) in [5.74, 6) is -0.266. The average molecular weight is 1440 g/mol. The molecule has 12 N–H and O–H groups in total. The molecule has 0 saturated carbocycles. The Morgan fingerprint density at radius 3 is 1.07 bits per heavy atom. The molecule has 1 amide bonds. The van der Waals surface area contributed by atoms with Gasteiger partial charge in [0.15, 0.2) is 18.9 Å². The lowest BCUT2D eigenvalue weighted by Gasteiger charge is -2.48. The van der Waals surface area contributed by atoms with Crippen molar-refractivity contribution in [3.63, 3.8) is 0 Å². The van der Waals surface area contributed by atoms with Crippen molar-refractivity contribution < 1.29 is 89.4 Å². The van der Waals surface area contributed by atoms with Crippen LogP contribution in [-0.2, 0) is 33.2 Å². The van der Waals surface area contributed by atoms with Crippen molar-refractivity contribution in [3.05, 3.63) is 72.9 Å². The van der Waals surface area contributed by atoms with Gasteiger partial charge >= 0.3 is 0 Å². The van der Waals surface area contributed by atoms with Gasteiger partial charge in [-0.2, -0.15) is 0 Å². The summed E-state index contributed by atoms with van der Waals surface area (Å²) in [5.41, 5.74) is 0. The van der Waals surface area contributed by atoms with Gasteiger partial charge in [0.1, 0.15) is 73.2 Å². The van der Waals surface area contributed by atoms with Crippen molar-refractivity contribution in [2.24, 2.45) is 0 Å². The lowest BCUT2D eigenvalue weighted by atomic mass is 9.96. The standard InChI is InChI=1S/C82H147NO18/c1-3-5-7-9-11-13-15-17-19-21-23-25-27-28-29-30-31-32-33-34-35-36-38-39-41-43-45-47-49-51-53-55-57-59-66(87)65(83-70(88)60-58-56-54-52-50-48-46-44-42-40-37-26-24-22-20-18-16-14-12-10-8-6-4-2)64-96-80-76(94)73(91)78(68(62-85)98-80)101-82-77(95)74(92)79(69(63-86)99-82)100-81-75(93)72(90)71(89)67(61-84)97-81/h6,8,12,14,18,20,24,26,40,42,46,48,65-69,71-82,84-87,89-95H,3-5,7,9-11,13,15-17,19,21-23,25,27-39,41,43-45,47,49-64H2,1-2H3,(H,83,88)/b8-6-,14-12-,20-18-,26-24-,42-40-,48-46-. The van der Waals surface area contributed by atoms with E-state index in [-0.39, 0.29) is 18.9 Å². The van der Waals surface area contributed by atoms with E-state index < -0.39 is 124 Å². The first-order valence-electron chi connectivity index (χ1n) is 40.7. The molecule has 3 fully saturated rings. The van der Waals surface area contributed by atoms with Gasteiger partial charge in [-0.3, -0.25) is 4.79 Å². The maximum atomic E-state index is 13.5. The van der Waals surface area contributed by atoms with Crippen LogP contribution in [0.25, 0.3) is 0 Å². The van der Waals surface area contributed by atoms with E-state index in [1.807, 2.05) is 0 Å². The largest absolute Gasteiger partial charge is 0.394 e. The van der Waals surface area contributed by atoms with Gasteiger partial charge in [0.05, 0.1) is 38.6 Å². The third-order valence-corrected chi connectivity index (χ3v) is 20.0. The summed E-state index contributed by atoms with van der Waals surface area (Å²) in [7, 11) is 0. The zero-order chi connectivity index (χ0) is 73.2. The van der Waals surface area contributed by atoms with Crippen molar-refractivity contribution in [2.75, 3.05) is 26.4 Å². The Morgan fingerprint density at radius 2 is 0.683 bits per heavy atom. The summed E-state index contributed by atoms with van der Waals surface area (Å²) in [6.45, 7) is 1.70. The topological polar surface area (TPSA) is 307 Å². The summed E-state index contributed by atoms with van der Waals surface area (Å²) in [5, 5.41) is 121. The minimum Gasteiger partial charge on any atom is -0.394 e. The van der Waals surface area contributed by atoms with Gasteiger partial charge in [0, 0.05) is 6.42 Å². The second-order valence-electron chi connectivity index (χ2n) is 28.9. The number of allylic oxidation sites excluding steroid dienone is 12. The SMILES string of the molecule is CC/C=C\C/C=C\C/C=C\C/C=C\C/C=C\C/C=C\CCCCCCC(=O)NC(COC1OC(CO)C(OC2OC(CO)C(OC3OC(CO)C(O)C(O)C3O)C(O)C2O)C(O)C1O)C(O)CCCCCCCCCCCCCCCCCCCCCCCCCCCCCCCCCCC. The molecule has 0 aromatic heterocycles. The van der Waals surface area contributed by atoms with E-state index in [1.54, 1.807) is 0 Å². The fraction of sp³-hybridized carbons (Fsp3) is 0.841. The fourth-order valence-electron chi connectivity index (χ4n) is 13.6. The number of rotatable bonds is 64. The average Bonchev–Trinajstić information content (AvgIpc) is 0.782. The predicted octanol–water partition coefficient (Wildman–Crippen LogP) is 13.6. The summed E-state index contributed by atoms with van der Waals surface area (Å²) in [4.78, 5) is 13.5. The van der Waals surface area contributed by atoms with Crippen LogP contribution < -0.4 is 5.32 Å². The van der Waals surface area contributed by atoms with E-state index in [9.17, 15) is 61.0 Å². The van der Waals surface area contributed by atoms with Crippen LogP contribution in [0.15, 0.2) is 72.9 Å². The molecule has 3 aliphatic heterocycles. The van der Waals surface area contributed by atoms with Crippen LogP contribution in [0, 0.1) is 0 Å². The van der Waals surface area contributed by atoms with Gasteiger partial charge in [-0.25, -0.2) is 0 Å². The van der Waals surface area contributed by atoms with Gasteiger partial charge in [-0.05, 0) is 64.2 Å². The molecular weight excluding hydrogens is 1290 g/mol. The Bertz CT molecular complexity index is 2110. The van der Waals surface area contributed by atoms with Crippen molar-refractivity contribution in [1.29, 1.82) is 0 Å². The number of hydrogen-bond donors (Lipinski definition) is 12. The van der Waals surface area contributed by atoms with Crippen molar-refractivity contribution >= 4 is 5.91 Å². The molecule has 0 aromatic carbocycles. The minimum atomic E-state index is -1.98. The molecule has 588 valence electrons. The zero-order valence-corrected chi connectivity index (χ0v) is 62.9. The molecule has 3 rings (SSSR count). The Balaban J connectivity index is 1.36. The van der Waals surface area contributed by atoms with Gasteiger partial charge < -0.3 is 89.9 Å². The molecule has 19 heteroatoms. The van der Waals surface area contributed by atoms with Gasteiger partial charge in [-0.15, -0.1) is 0 Å². The van der Waals surface area contributed by atoms with E-state index in [0.29, 0.717) is 12.8 Å². The molecule has 3 heterocycles. The second-order valence-corrected chi connectivity index (χ2v) is 28.9. The fourth-order valence-corrected chi connectivity index (χ4v) is 13.6. The number of ether oxygens (including phenoxy) is 6. The maximum Gasteiger partial charge on any atom is 0.220 e. The molecule has 0 radical (unpaired) electrons. The van der Waals surface area contributed by atoms with E-state index in [0.717, 1.165) is 89.9 Å². The van der Waals surface area contributed by atoms with Crippen LogP contribution in [-0.4, -0.2) is 193 Å². The highest BCUT2D eigenvalue weighted by molar-refractivity contribution is 5.76. The lowest BCUT2D eigenvalue weighted by Crippen LogP contribution is -2.66. The number of carbonyl (C=O) groups excluding carboxylic acids is 1. The third kappa shape index (κ3) is 42.4. The Labute approximate surface area is 610 Å². The molecule has 0 bridgehead atoms. The second kappa shape index (κ2) is 62.3. The van der Waals surface area contributed by atoms with Crippen LogP contribution in [0.1, 0.15) is 309 Å². The number of hydrogen-bond acceptors (Lipinski definition) is 18. The first-order chi connectivity index (χ1) is 49.3. The van der Waals surface area contributed by atoms with E-state index in [1.165, 1.54) is 186 Å². The highest BCUT2D eigenvalue weighted by atomic mass is 16.8. The molecular formula is C82H147NO18. The number of aliphatic hydroxyl groups excluding tert-OH is 11. The first-order valence-corrected chi connectivity index (χ1v) is 40.7. The molecule has 0 spiro atoms. The van der Waals surface area contributed by atoms with Crippen molar-refractivity contribution in [2.45, 2.75) is 413 Å². The third-order valence-electron chi connectivity index (χ3n) is 20.0. The first kappa shape index (κ1) is 92.4. The molecule has 101 heavy (non-hydrogen) atoms. The summed E-state index contributed by atoms with van der Waals surface area (Å²) >= 11 is 0.